The van der Waals surface area contributed by atoms with E-state index in [0.717, 1.165) is 11.3 Å². The van der Waals surface area contributed by atoms with Gasteiger partial charge >= 0.3 is 0 Å². The van der Waals surface area contributed by atoms with Gasteiger partial charge in [-0.25, -0.2) is 5.43 Å². The van der Waals surface area contributed by atoms with Gasteiger partial charge in [-0.2, -0.15) is 0 Å². The van der Waals surface area contributed by atoms with Crippen LogP contribution in [0.5, 0.6) is 5.75 Å². The lowest BCUT2D eigenvalue weighted by atomic mass is 10.1. The Morgan fingerprint density at radius 2 is 2.27 bits per heavy atom. The first-order valence-corrected chi connectivity index (χ1v) is 3.62. The number of hydrogen-bond acceptors (Lipinski definition) is 3. The molecule has 0 aliphatic carbocycles. The number of aromatic hydroxyl groups is 1. The summed E-state index contributed by atoms with van der Waals surface area (Å²) in [6.07, 6.45) is 0. The Hall–Kier alpha value is -1.22. The van der Waals surface area contributed by atoms with E-state index in [1.807, 2.05) is 13.0 Å². The van der Waals surface area contributed by atoms with Gasteiger partial charge in [-0.3, -0.25) is 0 Å². The van der Waals surface area contributed by atoms with E-state index < -0.39 is 0 Å². The highest BCUT2D eigenvalue weighted by molar-refractivity contribution is 5.57. The van der Waals surface area contributed by atoms with Gasteiger partial charge < -0.3 is 10.5 Å². The van der Waals surface area contributed by atoms with Crippen molar-refractivity contribution in [1.29, 1.82) is 0 Å². The maximum absolute atomic E-state index is 9.16. The summed E-state index contributed by atoms with van der Waals surface area (Å²) in [5, 5.41) is 9.16. The minimum absolute atomic E-state index is 0.275. The minimum atomic E-state index is 0.275. The van der Waals surface area contributed by atoms with Crippen molar-refractivity contribution in [2.45, 2.75) is 13.0 Å². The average Bonchev–Trinajstić information content (AvgIpc) is 2.33. The van der Waals surface area contributed by atoms with Gasteiger partial charge in [0.15, 0.2) is 0 Å². The van der Waals surface area contributed by atoms with Crippen LogP contribution in [0, 0.1) is 0 Å². The molecule has 0 saturated carbocycles. The summed E-state index contributed by atoms with van der Waals surface area (Å²) in [6, 6.07) is 5.58. The zero-order valence-electron chi connectivity index (χ0n) is 6.26. The van der Waals surface area contributed by atoms with E-state index in [1.54, 1.807) is 12.1 Å². The summed E-state index contributed by atoms with van der Waals surface area (Å²) in [5.74, 6) is 0.320. The number of benzene rings is 1. The number of rotatable bonds is 0. The third kappa shape index (κ3) is 0.935. The molecule has 1 heterocycles. The Balaban J connectivity index is 2.52. The fourth-order valence-electron chi connectivity index (χ4n) is 1.29. The maximum Gasteiger partial charge on any atom is 0.116 e. The van der Waals surface area contributed by atoms with Gasteiger partial charge in [0.25, 0.3) is 0 Å². The van der Waals surface area contributed by atoms with Crippen LogP contribution >= 0.6 is 0 Å². The van der Waals surface area contributed by atoms with Crippen molar-refractivity contribution < 1.29 is 5.11 Å². The van der Waals surface area contributed by atoms with Crippen molar-refractivity contribution in [2.75, 3.05) is 5.43 Å². The largest absolute Gasteiger partial charge is 0.508 e. The summed E-state index contributed by atoms with van der Waals surface area (Å²) in [5.41, 5.74) is 8.23. The molecular weight excluding hydrogens is 140 g/mol. The Morgan fingerprint density at radius 3 is 3.09 bits per heavy atom. The molecule has 3 heteroatoms. The molecule has 1 aliphatic heterocycles. The van der Waals surface area contributed by atoms with Crippen LogP contribution in [0.1, 0.15) is 18.5 Å². The smallest absolute Gasteiger partial charge is 0.116 e. The van der Waals surface area contributed by atoms with Crippen LogP contribution in [0.3, 0.4) is 0 Å². The Bertz CT molecular complexity index is 285. The Labute approximate surface area is 65.0 Å². The number of hydrogen-bond donors (Lipinski definition) is 3. The van der Waals surface area contributed by atoms with E-state index in [4.69, 9.17) is 5.11 Å². The second kappa shape index (κ2) is 2.13. The van der Waals surface area contributed by atoms with E-state index in [1.165, 1.54) is 0 Å². The molecule has 2 rings (SSSR count). The Kier molecular flexibility index (Phi) is 1.26. The van der Waals surface area contributed by atoms with Gasteiger partial charge in [0.05, 0.1) is 11.7 Å². The first kappa shape index (κ1) is 6.49. The number of anilines is 1. The van der Waals surface area contributed by atoms with Gasteiger partial charge in [0.1, 0.15) is 5.75 Å². The normalized spacial score (nSPS) is 21.0. The highest BCUT2D eigenvalue weighted by atomic mass is 16.3. The molecule has 0 saturated heterocycles. The third-order valence-corrected chi connectivity index (χ3v) is 1.93. The van der Waals surface area contributed by atoms with Gasteiger partial charge in [-0.15, -0.1) is 0 Å². The molecule has 0 amide bonds. The maximum atomic E-state index is 9.16. The summed E-state index contributed by atoms with van der Waals surface area (Å²) >= 11 is 0. The standard InChI is InChI=1S/C8H10N2O/c1-5-7-4-6(11)2-3-8(7)10-9-5/h2-5,9-11H,1H3. The van der Waals surface area contributed by atoms with E-state index >= 15 is 0 Å². The highest BCUT2D eigenvalue weighted by Crippen LogP contribution is 2.30. The van der Waals surface area contributed by atoms with Gasteiger partial charge in [-0.1, -0.05) is 0 Å². The summed E-state index contributed by atoms with van der Waals surface area (Å²) in [6.45, 7) is 2.04. The molecule has 0 aromatic heterocycles. The fourth-order valence-corrected chi connectivity index (χ4v) is 1.29. The molecule has 0 fully saturated rings. The fraction of sp³-hybridized carbons (Fsp3) is 0.250. The minimum Gasteiger partial charge on any atom is -0.508 e. The van der Waals surface area contributed by atoms with E-state index in [0.29, 0.717) is 5.75 Å². The van der Waals surface area contributed by atoms with Crippen molar-refractivity contribution in [2.24, 2.45) is 0 Å². The lowest BCUT2D eigenvalue weighted by Gasteiger charge is -2.00. The molecule has 1 aliphatic rings. The van der Waals surface area contributed by atoms with E-state index in [-0.39, 0.29) is 6.04 Å². The molecule has 3 N–H and O–H groups in total. The lowest BCUT2D eigenvalue weighted by Crippen LogP contribution is -2.15. The molecular formula is C8H10N2O. The van der Waals surface area contributed by atoms with Crippen molar-refractivity contribution in [3.8, 4) is 5.75 Å². The number of phenols is 1. The molecule has 1 aromatic carbocycles. The molecule has 1 unspecified atom stereocenters. The average molecular weight is 150 g/mol. The van der Waals surface area contributed by atoms with Crippen LogP contribution < -0.4 is 10.9 Å². The van der Waals surface area contributed by atoms with Gasteiger partial charge in [0, 0.05) is 0 Å². The molecule has 0 radical (unpaired) electrons. The third-order valence-electron chi connectivity index (χ3n) is 1.93. The van der Waals surface area contributed by atoms with E-state index in [2.05, 4.69) is 10.9 Å². The number of fused-ring (bicyclic) bond motifs is 1. The summed E-state index contributed by atoms with van der Waals surface area (Å²) < 4.78 is 0. The second-order valence-corrected chi connectivity index (χ2v) is 2.76. The zero-order valence-corrected chi connectivity index (χ0v) is 6.26. The van der Waals surface area contributed by atoms with Crippen molar-refractivity contribution in [3.05, 3.63) is 23.8 Å². The van der Waals surface area contributed by atoms with Crippen LogP contribution in [0.2, 0.25) is 0 Å². The molecule has 3 nitrogen and oxygen atoms in total. The van der Waals surface area contributed by atoms with E-state index in [9.17, 15) is 0 Å². The van der Waals surface area contributed by atoms with Crippen LogP contribution in [0.4, 0.5) is 5.69 Å². The van der Waals surface area contributed by atoms with Crippen LogP contribution in [0.25, 0.3) is 0 Å². The predicted molar refractivity (Wildman–Crippen MR) is 43.3 cm³/mol. The van der Waals surface area contributed by atoms with Crippen LogP contribution in [-0.4, -0.2) is 5.11 Å². The number of nitrogens with one attached hydrogen (secondary N) is 2. The van der Waals surface area contributed by atoms with Crippen molar-refractivity contribution in [1.82, 2.24) is 5.43 Å². The van der Waals surface area contributed by atoms with Gasteiger partial charge in [0.2, 0.25) is 0 Å². The molecule has 1 aromatic rings. The number of hydrazine groups is 1. The zero-order chi connectivity index (χ0) is 7.84. The summed E-state index contributed by atoms with van der Waals surface area (Å²) in [4.78, 5) is 0. The van der Waals surface area contributed by atoms with Crippen molar-refractivity contribution in [3.63, 3.8) is 0 Å². The van der Waals surface area contributed by atoms with Crippen molar-refractivity contribution >= 4 is 5.69 Å². The first-order chi connectivity index (χ1) is 5.27. The van der Waals surface area contributed by atoms with Gasteiger partial charge in [-0.05, 0) is 30.7 Å². The second-order valence-electron chi connectivity index (χ2n) is 2.76. The first-order valence-electron chi connectivity index (χ1n) is 3.62. The lowest BCUT2D eigenvalue weighted by molar-refractivity contribution is 0.474. The van der Waals surface area contributed by atoms with Crippen LogP contribution in [0.15, 0.2) is 18.2 Å². The molecule has 58 valence electrons. The predicted octanol–water partition coefficient (Wildman–Crippen LogP) is 1.38. The number of phenolic OH excluding ortho intramolecular Hbond substituents is 1. The molecule has 1 atom stereocenters. The molecule has 0 bridgehead atoms. The molecule has 0 spiro atoms. The van der Waals surface area contributed by atoms with Crippen LogP contribution in [-0.2, 0) is 0 Å². The quantitative estimate of drug-likeness (QED) is 0.489. The monoisotopic (exact) mass is 150 g/mol. The topological polar surface area (TPSA) is 44.3 Å². The highest BCUT2D eigenvalue weighted by Gasteiger charge is 2.16. The molecule has 11 heavy (non-hydrogen) atoms. The summed E-state index contributed by atoms with van der Waals surface area (Å²) in [7, 11) is 0. The Morgan fingerprint density at radius 1 is 1.45 bits per heavy atom. The SMILES string of the molecule is CC1NNc2ccc(O)cc21.